The van der Waals surface area contributed by atoms with E-state index in [1.165, 1.54) is 6.92 Å². The number of primary amides is 1. The van der Waals surface area contributed by atoms with E-state index in [4.69, 9.17) is 10.8 Å². The summed E-state index contributed by atoms with van der Waals surface area (Å²) >= 11 is 0. The molecule has 0 saturated carbocycles. The quantitative estimate of drug-likeness (QED) is 0.398. The molecule has 18 heavy (non-hydrogen) atoms. The summed E-state index contributed by atoms with van der Waals surface area (Å²) < 4.78 is 0. The van der Waals surface area contributed by atoms with Crippen molar-refractivity contribution in [1.29, 1.82) is 0 Å². The van der Waals surface area contributed by atoms with Gasteiger partial charge in [0, 0.05) is 13.1 Å². The van der Waals surface area contributed by atoms with Crippen molar-refractivity contribution < 1.29 is 19.5 Å². The zero-order valence-corrected chi connectivity index (χ0v) is 10.6. The van der Waals surface area contributed by atoms with Gasteiger partial charge in [-0.25, -0.2) is 14.4 Å². The molecule has 0 aromatic carbocycles. The zero-order valence-electron chi connectivity index (χ0n) is 10.6. The molecule has 0 aliphatic heterocycles. The van der Waals surface area contributed by atoms with Gasteiger partial charge in [-0.05, 0) is 13.3 Å². The number of nitrogens with two attached hydrogens (primary N) is 1. The molecule has 8 nitrogen and oxygen atoms in total. The summed E-state index contributed by atoms with van der Waals surface area (Å²) in [6.45, 7) is 3.62. The van der Waals surface area contributed by atoms with Gasteiger partial charge in [0.1, 0.15) is 5.54 Å². The van der Waals surface area contributed by atoms with Crippen molar-refractivity contribution in [3.05, 3.63) is 0 Å². The van der Waals surface area contributed by atoms with Crippen LogP contribution in [0.5, 0.6) is 0 Å². The number of urea groups is 2. The molecular weight excluding hydrogens is 240 g/mol. The van der Waals surface area contributed by atoms with Crippen LogP contribution in [0, 0.1) is 0 Å². The van der Waals surface area contributed by atoms with E-state index in [0.717, 1.165) is 0 Å². The Balaban J connectivity index is 4.11. The van der Waals surface area contributed by atoms with Gasteiger partial charge in [0.05, 0.1) is 0 Å². The van der Waals surface area contributed by atoms with Crippen molar-refractivity contribution in [3.63, 3.8) is 0 Å². The van der Waals surface area contributed by atoms with Gasteiger partial charge < -0.3 is 26.8 Å². The van der Waals surface area contributed by atoms with Gasteiger partial charge in [0.2, 0.25) is 0 Å². The fourth-order valence-electron chi connectivity index (χ4n) is 1.38. The molecule has 0 radical (unpaired) electrons. The van der Waals surface area contributed by atoms with Crippen LogP contribution in [-0.2, 0) is 4.79 Å². The van der Waals surface area contributed by atoms with E-state index in [1.807, 2.05) is 6.92 Å². The van der Waals surface area contributed by atoms with Crippen molar-refractivity contribution in [2.45, 2.75) is 32.2 Å². The SMILES string of the molecule is CCCC(C)(NC(=O)NCCNC(N)=O)C(=O)O. The number of hydrogen-bond donors (Lipinski definition) is 5. The van der Waals surface area contributed by atoms with Gasteiger partial charge in [0.15, 0.2) is 0 Å². The second-order valence-electron chi connectivity index (χ2n) is 4.06. The Labute approximate surface area is 105 Å². The van der Waals surface area contributed by atoms with Crippen molar-refractivity contribution in [2.24, 2.45) is 5.73 Å². The normalized spacial score (nSPS) is 13.2. The Hall–Kier alpha value is -1.99. The monoisotopic (exact) mass is 260 g/mol. The standard InChI is InChI=1S/C10H20N4O4/c1-3-4-10(2,7(15)16)14-9(18)13-6-5-12-8(11)17/h3-6H2,1-2H3,(H,15,16)(H3,11,12,17)(H2,13,14,18). The first kappa shape index (κ1) is 16.0. The number of carboxylic acids is 1. The maximum absolute atomic E-state index is 11.5. The van der Waals surface area contributed by atoms with E-state index in [0.29, 0.717) is 12.8 Å². The fourth-order valence-corrected chi connectivity index (χ4v) is 1.38. The van der Waals surface area contributed by atoms with Gasteiger partial charge in [-0.2, -0.15) is 0 Å². The summed E-state index contributed by atoms with van der Waals surface area (Å²) in [5.41, 5.74) is 3.54. The molecule has 0 heterocycles. The minimum Gasteiger partial charge on any atom is -0.480 e. The molecule has 0 rings (SSSR count). The number of aliphatic carboxylic acids is 1. The summed E-state index contributed by atoms with van der Waals surface area (Å²) in [5.74, 6) is -1.09. The van der Waals surface area contributed by atoms with E-state index in [2.05, 4.69) is 16.0 Å². The lowest BCUT2D eigenvalue weighted by Gasteiger charge is -2.25. The molecule has 0 aromatic heterocycles. The Morgan fingerprint density at radius 1 is 1.22 bits per heavy atom. The molecule has 1 atom stereocenters. The number of rotatable bonds is 7. The molecule has 4 amide bonds. The van der Waals surface area contributed by atoms with Gasteiger partial charge in [-0.1, -0.05) is 13.3 Å². The second-order valence-corrected chi connectivity index (χ2v) is 4.06. The predicted molar refractivity (Wildman–Crippen MR) is 65.1 cm³/mol. The Bertz CT molecular complexity index is 321. The van der Waals surface area contributed by atoms with Gasteiger partial charge in [0.25, 0.3) is 0 Å². The molecule has 0 bridgehead atoms. The van der Waals surface area contributed by atoms with Crippen LogP contribution in [0.25, 0.3) is 0 Å². The molecule has 0 saturated heterocycles. The average Bonchev–Trinajstić information content (AvgIpc) is 2.24. The lowest BCUT2D eigenvalue weighted by Crippen LogP contribution is -2.55. The molecule has 6 N–H and O–H groups in total. The number of nitrogens with one attached hydrogen (secondary N) is 3. The van der Waals surface area contributed by atoms with Gasteiger partial charge in [-0.15, -0.1) is 0 Å². The minimum absolute atomic E-state index is 0.163. The molecule has 0 fully saturated rings. The number of carboxylic acid groups (broad SMARTS) is 1. The number of amides is 4. The number of carbonyl (C=O) groups excluding carboxylic acids is 2. The Morgan fingerprint density at radius 3 is 2.22 bits per heavy atom. The molecule has 8 heteroatoms. The molecular formula is C10H20N4O4. The van der Waals surface area contributed by atoms with Crippen molar-refractivity contribution in [1.82, 2.24) is 16.0 Å². The molecule has 0 aliphatic carbocycles. The van der Waals surface area contributed by atoms with Crippen LogP contribution in [0.1, 0.15) is 26.7 Å². The third-order valence-electron chi connectivity index (χ3n) is 2.32. The topological polar surface area (TPSA) is 134 Å². The largest absolute Gasteiger partial charge is 0.480 e. The highest BCUT2D eigenvalue weighted by molar-refractivity contribution is 5.85. The molecule has 104 valence electrons. The molecule has 0 aromatic rings. The highest BCUT2D eigenvalue weighted by Crippen LogP contribution is 2.12. The van der Waals surface area contributed by atoms with E-state index in [9.17, 15) is 14.4 Å². The number of carbonyl (C=O) groups is 3. The Morgan fingerprint density at radius 2 is 1.78 bits per heavy atom. The summed E-state index contributed by atoms with van der Waals surface area (Å²) in [4.78, 5) is 32.9. The smallest absolute Gasteiger partial charge is 0.329 e. The summed E-state index contributed by atoms with van der Waals surface area (Å²) in [6, 6.07) is -1.28. The van der Waals surface area contributed by atoms with Crippen LogP contribution in [0.4, 0.5) is 9.59 Å². The van der Waals surface area contributed by atoms with Crippen LogP contribution in [-0.4, -0.2) is 41.8 Å². The van der Waals surface area contributed by atoms with Crippen molar-refractivity contribution >= 4 is 18.0 Å². The van der Waals surface area contributed by atoms with E-state index in [1.54, 1.807) is 0 Å². The predicted octanol–water partition coefficient (Wildman–Crippen LogP) is -0.403. The van der Waals surface area contributed by atoms with Gasteiger partial charge in [-0.3, -0.25) is 0 Å². The third kappa shape index (κ3) is 5.92. The highest BCUT2D eigenvalue weighted by atomic mass is 16.4. The first-order valence-electron chi connectivity index (χ1n) is 5.64. The summed E-state index contributed by atoms with van der Waals surface area (Å²) in [6.07, 6.45) is 0.960. The second kappa shape index (κ2) is 7.36. The fraction of sp³-hybridized carbons (Fsp3) is 0.700. The molecule has 0 aliphatic rings. The number of hydrogen-bond acceptors (Lipinski definition) is 3. The van der Waals surface area contributed by atoms with Crippen LogP contribution in [0.3, 0.4) is 0 Å². The lowest BCUT2D eigenvalue weighted by molar-refractivity contribution is -0.144. The zero-order chi connectivity index (χ0) is 14.2. The van der Waals surface area contributed by atoms with Crippen LogP contribution in [0.2, 0.25) is 0 Å². The van der Waals surface area contributed by atoms with E-state index in [-0.39, 0.29) is 13.1 Å². The maximum atomic E-state index is 11.5. The van der Waals surface area contributed by atoms with Crippen LogP contribution < -0.4 is 21.7 Å². The van der Waals surface area contributed by atoms with E-state index < -0.39 is 23.6 Å². The van der Waals surface area contributed by atoms with Gasteiger partial charge >= 0.3 is 18.0 Å². The molecule has 0 spiro atoms. The highest BCUT2D eigenvalue weighted by Gasteiger charge is 2.33. The molecule has 1 unspecified atom stereocenters. The van der Waals surface area contributed by atoms with Crippen molar-refractivity contribution in [3.8, 4) is 0 Å². The first-order chi connectivity index (χ1) is 8.31. The first-order valence-corrected chi connectivity index (χ1v) is 5.64. The van der Waals surface area contributed by atoms with Crippen molar-refractivity contribution in [2.75, 3.05) is 13.1 Å². The third-order valence-corrected chi connectivity index (χ3v) is 2.32. The maximum Gasteiger partial charge on any atom is 0.329 e. The minimum atomic E-state index is -1.30. The van der Waals surface area contributed by atoms with Crippen LogP contribution >= 0.6 is 0 Å². The lowest BCUT2D eigenvalue weighted by atomic mass is 9.97. The summed E-state index contributed by atoms with van der Waals surface area (Å²) in [7, 11) is 0. The average molecular weight is 260 g/mol. The van der Waals surface area contributed by atoms with Crippen LogP contribution in [0.15, 0.2) is 0 Å². The summed E-state index contributed by atoms with van der Waals surface area (Å²) in [5, 5.41) is 16.1. The Kier molecular flexibility index (Phi) is 6.54. The van der Waals surface area contributed by atoms with E-state index >= 15 is 0 Å².